The van der Waals surface area contributed by atoms with Gasteiger partial charge in [-0.3, -0.25) is 0 Å². The lowest BCUT2D eigenvalue weighted by molar-refractivity contribution is 0.602. The van der Waals surface area contributed by atoms with Gasteiger partial charge < -0.3 is 0 Å². The first-order valence-electron chi connectivity index (χ1n) is 5.37. The van der Waals surface area contributed by atoms with Crippen molar-refractivity contribution in [3.63, 3.8) is 0 Å². The van der Waals surface area contributed by atoms with Crippen LogP contribution >= 0.6 is 0 Å². The Kier molecular flexibility index (Phi) is 3.13. The third-order valence-electron chi connectivity index (χ3n) is 2.48. The minimum Gasteiger partial charge on any atom is -0.207 e. The number of nitrogens with zero attached hydrogens (tertiary/aromatic N) is 2. The van der Waals surface area contributed by atoms with Gasteiger partial charge in [0.15, 0.2) is 0 Å². The lowest BCUT2D eigenvalue weighted by atomic mass is 10.1. The summed E-state index contributed by atoms with van der Waals surface area (Å²) >= 11 is 0. The number of hydrogen-bond donors (Lipinski definition) is 0. The van der Waals surface area contributed by atoms with E-state index in [1.54, 1.807) is 12.1 Å². The molecular weight excluding hydrogens is 222 g/mol. The molecule has 0 saturated heterocycles. The van der Waals surface area contributed by atoms with Crippen molar-refractivity contribution in [1.82, 2.24) is 10.2 Å². The van der Waals surface area contributed by atoms with Gasteiger partial charge in [-0.15, -0.1) is 0 Å². The zero-order chi connectivity index (χ0) is 12.4. The van der Waals surface area contributed by atoms with Crippen LogP contribution in [-0.4, -0.2) is 10.2 Å². The topological polar surface area (TPSA) is 25.8 Å². The summed E-state index contributed by atoms with van der Waals surface area (Å²) in [5, 5.41) is 7.90. The van der Waals surface area contributed by atoms with E-state index in [4.69, 9.17) is 0 Å². The lowest BCUT2D eigenvalue weighted by Gasteiger charge is -2.05. The Balaban J connectivity index is 2.43. The van der Waals surface area contributed by atoms with Gasteiger partial charge in [-0.2, -0.15) is 10.2 Å². The van der Waals surface area contributed by atoms with Crippen LogP contribution in [-0.2, 0) is 0 Å². The van der Waals surface area contributed by atoms with Gasteiger partial charge in [0.2, 0.25) is 0 Å². The van der Waals surface area contributed by atoms with Crippen molar-refractivity contribution >= 4 is 0 Å². The monoisotopic (exact) mass is 234 g/mol. The normalized spacial score (nSPS) is 10.9. The van der Waals surface area contributed by atoms with Crippen molar-refractivity contribution in [1.29, 1.82) is 0 Å². The first-order valence-corrected chi connectivity index (χ1v) is 5.37. The van der Waals surface area contributed by atoms with E-state index in [0.29, 0.717) is 5.69 Å². The first-order chi connectivity index (χ1) is 8.08. The standard InChI is InChI=1S/C13H12F2N2/c1-8(2)12-5-6-13(17-16-12)10-7-9(14)3-4-11(10)15/h3-8H,1-2H3. The molecule has 17 heavy (non-hydrogen) atoms. The van der Waals surface area contributed by atoms with Gasteiger partial charge in [0.05, 0.1) is 11.4 Å². The Labute approximate surface area is 98.3 Å². The summed E-state index contributed by atoms with van der Waals surface area (Å²) in [6.45, 7) is 3.99. The average Bonchev–Trinajstić information content (AvgIpc) is 2.32. The molecule has 0 bridgehead atoms. The summed E-state index contributed by atoms with van der Waals surface area (Å²) in [6, 6.07) is 6.71. The molecule has 1 aromatic carbocycles. The summed E-state index contributed by atoms with van der Waals surface area (Å²) in [4.78, 5) is 0. The van der Waals surface area contributed by atoms with Crippen molar-refractivity contribution in [3.05, 3.63) is 47.7 Å². The number of hydrogen-bond acceptors (Lipinski definition) is 2. The SMILES string of the molecule is CC(C)c1ccc(-c2cc(F)ccc2F)nn1. The van der Waals surface area contributed by atoms with Crippen molar-refractivity contribution in [2.75, 3.05) is 0 Å². The minimum atomic E-state index is -0.502. The van der Waals surface area contributed by atoms with E-state index >= 15 is 0 Å². The van der Waals surface area contributed by atoms with E-state index in [0.717, 1.165) is 23.9 Å². The van der Waals surface area contributed by atoms with Gasteiger partial charge in [-0.05, 0) is 36.2 Å². The predicted molar refractivity (Wildman–Crippen MR) is 61.5 cm³/mol. The molecule has 0 unspecified atom stereocenters. The Morgan fingerprint density at radius 3 is 2.35 bits per heavy atom. The van der Waals surface area contributed by atoms with Crippen molar-refractivity contribution in [2.24, 2.45) is 0 Å². The molecule has 2 aromatic rings. The molecule has 1 aromatic heterocycles. The van der Waals surface area contributed by atoms with Crippen LogP contribution in [0.3, 0.4) is 0 Å². The van der Waals surface area contributed by atoms with Crippen molar-refractivity contribution in [3.8, 4) is 11.3 Å². The summed E-state index contributed by atoms with van der Waals surface area (Å²) in [7, 11) is 0. The summed E-state index contributed by atoms with van der Waals surface area (Å²) in [5.74, 6) is -0.733. The summed E-state index contributed by atoms with van der Waals surface area (Å²) < 4.78 is 26.5. The highest BCUT2D eigenvalue weighted by Gasteiger charge is 2.09. The highest BCUT2D eigenvalue weighted by Crippen LogP contribution is 2.22. The van der Waals surface area contributed by atoms with Gasteiger partial charge in [0.25, 0.3) is 0 Å². The highest BCUT2D eigenvalue weighted by molar-refractivity contribution is 5.59. The molecule has 1 heterocycles. The Morgan fingerprint density at radius 1 is 1.00 bits per heavy atom. The molecule has 0 aliphatic heterocycles. The summed E-state index contributed by atoms with van der Waals surface area (Å²) in [6.07, 6.45) is 0. The van der Waals surface area contributed by atoms with Crippen LogP contribution in [0.2, 0.25) is 0 Å². The van der Waals surface area contributed by atoms with E-state index in [9.17, 15) is 8.78 Å². The maximum Gasteiger partial charge on any atom is 0.132 e. The molecule has 0 saturated carbocycles. The molecule has 0 fully saturated rings. The van der Waals surface area contributed by atoms with Crippen LogP contribution in [0.4, 0.5) is 8.78 Å². The molecule has 0 atom stereocenters. The Bertz CT molecular complexity index is 521. The zero-order valence-corrected chi connectivity index (χ0v) is 9.61. The molecule has 88 valence electrons. The largest absolute Gasteiger partial charge is 0.207 e. The van der Waals surface area contributed by atoms with Crippen molar-refractivity contribution < 1.29 is 8.78 Å². The van der Waals surface area contributed by atoms with E-state index < -0.39 is 11.6 Å². The Hall–Kier alpha value is -1.84. The smallest absolute Gasteiger partial charge is 0.132 e. The molecule has 0 N–H and O–H groups in total. The second-order valence-electron chi connectivity index (χ2n) is 4.12. The maximum atomic E-state index is 13.5. The fourth-order valence-electron chi connectivity index (χ4n) is 1.49. The quantitative estimate of drug-likeness (QED) is 0.794. The number of rotatable bonds is 2. The summed E-state index contributed by atoms with van der Waals surface area (Å²) in [5.41, 5.74) is 1.30. The molecule has 2 nitrogen and oxygen atoms in total. The van der Waals surface area contributed by atoms with Crippen LogP contribution in [0.1, 0.15) is 25.5 Å². The fourth-order valence-corrected chi connectivity index (χ4v) is 1.49. The van der Waals surface area contributed by atoms with Crippen LogP contribution in [0.15, 0.2) is 30.3 Å². The van der Waals surface area contributed by atoms with Crippen LogP contribution in [0.25, 0.3) is 11.3 Å². The third-order valence-corrected chi connectivity index (χ3v) is 2.48. The Morgan fingerprint density at radius 2 is 1.76 bits per heavy atom. The number of aromatic nitrogens is 2. The molecule has 4 heteroatoms. The lowest BCUT2D eigenvalue weighted by Crippen LogP contribution is -1.97. The van der Waals surface area contributed by atoms with Gasteiger partial charge in [0, 0.05) is 5.56 Å². The molecule has 0 spiro atoms. The molecule has 0 amide bonds. The van der Waals surface area contributed by atoms with Crippen LogP contribution < -0.4 is 0 Å². The molecule has 2 rings (SSSR count). The van der Waals surface area contributed by atoms with E-state index in [2.05, 4.69) is 10.2 Å². The third kappa shape index (κ3) is 2.46. The maximum absolute atomic E-state index is 13.5. The predicted octanol–water partition coefficient (Wildman–Crippen LogP) is 3.55. The van der Waals surface area contributed by atoms with Gasteiger partial charge in [-0.25, -0.2) is 8.78 Å². The minimum absolute atomic E-state index is 0.132. The average molecular weight is 234 g/mol. The molecule has 0 aliphatic rings. The van der Waals surface area contributed by atoms with E-state index in [1.165, 1.54) is 0 Å². The first kappa shape index (κ1) is 11.6. The van der Waals surface area contributed by atoms with Crippen LogP contribution in [0, 0.1) is 11.6 Å². The number of benzene rings is 1. The van der Waals surface area contributed by atoms with Gasteiger partial charge in [-0.1, -0.05) is 13.8 Å². The van der Waals surface area contributed by atoms with E-state index in [-0.39, 0.29) is 11.5 Å². The highest BCUT2D eigenvalue weighted by atomic mass is 19.1. The van der Waals surface area contributed by atoms with Gasteiger partial charge >= 0.3 is 0 Å². The zero-order valence-electron chi connectivity index (χ0n) is 9.61. The number of halogens is 2. The molecular formula is C13H12F2N2. The second-order valence-corrected chi connectivity index (χ2v) is 4.12. The van der Waals surface area contributed by atoms with E-state index in [1.807, 2.05) is 13.8 Å². The van der Waals surface area contributed by atoms with Crippen LogP contribution in [0.5, 0.6) is 0 Å². The van der Waals surface area contributed by atoms with Crippen molar-refractivity contribution in [2.45, 2.75) is 19.8 Å². The fraction of sp³-hybridized carbons (Fsp3) is 0.231. The van der Waals surface area contributed by atoms with Gasteiger partial charge in [0.1, 0.15) is 11.6 Å². The molecule has 0 aliphatic carbocycles. The second kappa shape index (κ2) is 4.57. The molecule has 0 radical (unpaired) electrons.